The fourth-order valence-electron chi connectivity index (χ4n) is 1.10. The van der Waals surface area contributed by atoms with E-state index in [4.69, 9.17) is 0 Å². The molecular weight excluding hydrogens is 163 g/mol. The van der Waals surface area contributed by atoms with Crippen LogP contribution in [0.1, 0.15) is 22.3 Å². The van der Waals surface area contributed by atoms with Crippen molar-refractivity contribution in [3.05, 3.63) is 34.4 Å². The highest BCUT2D eigenvalue weighted by Gasteiger charge is 1.95. The minimum Gasteiger partial charge on any atom is -0.141 e. The maximum absolute atomic E-state index is 2.42. The average molecular weight is 182 g/mol. The zero-order valence-electron chi connectivity index (χ0n) is 8.73. The smallest absolute Gasteiger partial charge is 0.0395 e. The summed E-state index contributed by atoms with van der Waals surface area (Å²) in [5.74, 6) is 0. The summed E-state index contributed by atoms with van der Waals surface area (Å²) < 4.78 is 0. The lowest BCUT2D eigenvalue weighted by Crippen LogP contribution is -1.86. The normalized spacial score (nSPS) is 8.83. The summed E-state index contributed by atoms with van der Waals surface area (Å²) in [6, 6.07) is 4.48. The Morgan fingerprint density at radius 1 is 0.667 bits per heavy atom. The van der Waals surface area contributed by atoms with Crippen molar-refractivity contribution in [3.8, 4) is 0 Å². The Hall–Kier alpha value is -0.350. The molecule has 0 bridgehead atoms. The van der Waals surface area contributed by atoms with Gasteiger partial charge in [0.05, 0.1) is 0 Å². The van der Waals surface area contributed by atoms with Crippen LogP contribution in [0, 0.1) is 27.7 Å². The first-order valence-electron chi connectivity index (χ1n) is 4.23. The molecule has 0 aliphatic rings. The van der Waals surface area contributed by atoms with E-state index in [1.165, 1.54) is 22.3 Å². The molecule has 1 atom stereocenters. The van der Waals surface area contributed by atoms with Gasteiger partial charge in [-0.3, -0.25) is 0 Å². The molecule has 0 aromatic heterocycles. The van der Waals surface area contributed by atoms with Crippen molar-refractivity contribution in [1.29, 1.82) is 0 Å². The highest BCUT2D eigenvalue weighted by Crippen LogP contribution is 2.13. The zero-order chi connectivity index (χ0) is 9.72. The van der Waals surface area contributed by atoms with Gasteiger partial charge in [-0.15, -0.1) is 9.24 Å². The third-order valence-electron chi connectivity index (χ3n) is 2.11. The molecule has 0 nitrogen and oxygen atoms in total. The van der Waals surface area contributed by atoms with Crippen molar-refractivity contribution in [2.45, 2.75) is 27.7 Å². The van der Waals surface area contributed by atoms with Gasteiger partial charge in [0.25, 0.3) is 0 Å². The van der Waals surface area contributed by atoms with Crippen molar-refractivity contribution in [1.82, 2.24) is 0 Å². The average Bonchev–Trinajstić information content (AvgIpc) is 2.05. The Morgan fingerprint density at radius 2 is 0.833 bits per heavy atom. The largest absolute Gasteiger partial charge is 0.141 e. The first-order valence-corrected chi connectivity index (χ1v) is 5.39. The summed E-state index contributed by atoms with van der Waals surface area (Å²) in [7, 11) is 2.42. The molecular formula is C11H19P. The van der Waals surface area contributed by atoms with E-state index in [1.807, 2.05) is 6.66 Å². The van der Waals surface area contributed by atoms with Crippen LogP contribution in [0.15, 0.2) is 12.1 Å². The van der Waals surface area contributed by atoms with Crippen molar-refractivity contribution in [2.24, 2.45) is 0 Å². The van der Waals surface area contributed by atoms with Gasteiger partial charge in [-0.05, 0) is 49.9 Å². The van der Waals surface area contributed by atoms with Crippen molar-refractivity contribution in [2.75, 3.05) is 6.66 Å². The first-order chi connectivity index (χ1) is 5.61. The molecule has 0 saturated carbocycles. The van der Waals surface area contributed by atoms with Crippen LogP contribution in [0.2, 0.25) is 0 Å². The molecule has 0 aliphatic heterocycles. The highest BCUT2D eigenvalue weighted by molar-refractivity contribution is 7.15. The van der Waals surface area contributed by atoms with Crippen LogP contribution < -0.4 is 0 Å². The number of benzene rings is 1. The summed E-state index contributed by atoms with van der Waals surface area (Å²) in [6.07, 6.45) is 0. The lowest BCUT2D eigenvalue weighted by Gasteiger charge is -2.04. The van der Waals surface area contributed by atoms with Gasteiger partial charge in [-0.1, -0.05) is 18.8 Å². The van der Waals surface area contributed by atoms with Gasteiger partial charge in [0.2, 0.25) is 0 Å². The van der Waals surface area contributed by atoms with Gasteiger partial charge in [-0.25, -0.2) is 0 Å². The third-order valence-corrected chi connectivity index (χ3v) is 2.11. The molecule has 1 aromatic rings. The van der Waals surface area contributed by atoms with Crippen LogP contribution in [-0.2, 0) is 0 Å². The Balaban J connectivity index is 0.000000561. The van der Waals surface area contributed by atoms with E-state index in [0.717, 1.165) is 0 Å². The molecule has 1 rings (SSSR count). The van der Waals surface area contributed by atoms with E-state index in [1.54, 1.807) is 0 Å². The molecule has 12 heavy (non-hydrogen) atoms. The molecule has 1 heteroatoms. The standard InChI is InChI=1S/C10H14.CH5P/c1-7-5-9(3)10(4)6-8(7)2;1-2/h5-6H,1-4H3;2H2,1H3. The van der Waals surface area contributed by atoms with Crippen molar-refractivity contribution in [3.63, 3.8) is 0 Å². The molecule has 0 radical (unpaired) electrons. The van der Waals surface area contributed by atoms with E-state index in [2.05, 4.69) is 49.1 Å². The Bertz CT molecular complexity index is 201. The predicted molar refractivity (Wildman–Crippen MR) is 61.0 cm³/mol. The molecule has 0 N–H and O–H groups in total. The number of hydrogen-bond donors (Lipinski definition) is 0. The van der Waals surface area contributed by atoms with Gasteiger partial charge in [0.15, 0.2) is 0 Å². The second-order valence-corrected chi connectivity index (χ2v) is 3.02. The molecule has 0 spiro atoms. The van der Waals surface area contributed by atoms with Gasteiger partial charge in [-0.2, -0.15) is 0 Å². The second-order valence-electron chi connectivity index (χ2n) is 3.02. The van der Waals surface area contributed by atoms with Crippen LogP contribution in [0.3, 0.4) is 0 Å². The van der Waals surface area contributed by atoms with Gasteiger partial charge >= 0.3 is 0 Å². The van der Waals surface area contributed by atoms with Crippen molar-refractivity contribution >= 4 is 9.24 Å². The molecule has 1 aromatic carbocycles. The van der Waals surface area contributed by atoms with Crippen LogP contribution in [-0.4, -0.2) is 6.66 Å². The van der Waals surface area contributed by atoms with E-state index in [-0.39, 0.29) is 0 Å². The van der Waals surface area contributed by atoms with Crippen LogP contribution >= 0.6 is 9.24 Å². The monoisotopic (exact) mass is 182 g/mol. The lowest BCUT2D eigenvalue weighted by atomic mass is 10.0. The lowest BCUT2D eigenvalue weighted by molar-refractivity contribution is 1.24. The quantitative estimate of drug-likeness (QED) is 0.539. The van der Waals surface area contributed by atoms with Gasteiger partial charge in [0, 0.05) is 0 Å². The van der Waals surface area contributed by atoms with Gasteiger partial charge < -0.3 is 0 Å². The topological polar surface area (TPSA) is 0 Å². The molecule has 0 amide bonds. The second kappa shape index (κ2) is 5.32. The number of aryl methyl sites for hydroxylation is 4. The van der Waals surface area contributed by atoms with E-state index in [9.17, 15) is 0 Å². The van der Waals surface area contributed by atoms with Gasteiger partial charge in [0.1, 0.15) is 0 Å². The molecule has 0 fully saturated rings. The number of hydrogen-bond acceptors (Lipinski definition) is 0. The van der Waals surface area contributed by atoms with Crippen molar-refractivity contribution < 1.29 is 0 Å². The number of rotatable bonds is 0. The summed E-state index contributed by atoms with van der Waals surface area (Å²) in [6.45, 7) is 10.5. The van der Waals surface area contributed by atoms with E-state index in [0.29, 0.717) is 0 Å². The molecule has 0 aliphatic carbocycles. The van der Waals surface area contributed by atoms with Crippen LogP contribution in [0.25, 0.3) is 0 Å². The molecule has 0 saturated heterocycles. The van der Waals surface area contributed by atoms with E-state index >= 15 is 0 Å². The molecule has 0 heterocycles. The predicted octanol–water partition coefficient (Wildman–Crippen LogP) is 3.41. The van der Waals surface area contributed by atoms with E-state index < -0.39 is 0 Å². The Morgan fingerprint density at radius 3 is 1.00 bits per heavy atom. The summed E-state index contributed by atoms with van der Waals surface area (Å²) >= 11 is 0. The Kier molecular flexibility index (Phi) is 5.17. The molecule has 1 unspecified atom stereocenters. The third kappa shape index (κ3) is 2.95. The SMILES string of the molecule is CP.Cc1cc(C)c(C)cc1C. The fraction of sp³-hybridized carbons (Fsp3) is 0.455. The maximum Gasteiger partial charge on any atom is -0.0395 e. The fourth-order valence-corrected chi connectivity index (χ4v) is 1.10. The first kappa shape index (κ1) is 11.6. The summed E-state index contributed by atoms with van der Waals surface area (Å²) in [5, 5.41) is 0. The Labute approximate surface area is 78.6 Å². The van der Waals surface area contributed by atoms with Crippen LogP contribution in [0.5, 0.6) is 0 Å². The summed E-state index contributed by atoms with van der Waals surface area (Å²) in [5.41, 5.74) is 5.57. The maximum atomic E-state index is 2.42. The molecule has 68 valence electrons. The summed E-state index contributed by atoms with van der Waals surface area (Å²) in [4.78, 5) is 0. The van der Waals surface area contributed by atoms with Crippen LogP contribution in [0.4, 0.5) is 0 Å². The minimum absolute atomic E-state index is 1.39. The highest BCUT2D eigenvalue weighted by atomic mass is 31.0. The minimum atomic E-state index is 1.39. The zero-order valence-corrected chi connectivity index (χ0v) is 9.89.